The van der Waals surface area contributed by atoms with Gasteiger partial charge in [-0.1, -0.05) is 6.92 Å². The van der Waals surface area contributed by atoms with E-state index in [9.17, 15) is 4.79 Å². The smallest absolute Gasteiger partial charge is 0.137 e. The first-order chi connectivity index (χ1) is 4.09. The lowest BCUT2D eigenvalue weighted by molar-refractivity contribution is -0.109. The van der Waals surface area contributed by atoms with Crippen LogP contribution in [0.2, 0.25) is 0 Å². The second-order valence-corrected chi connectivity index (χ2v) is 2.94. The van der Waals surface area contributed by atoms with Gasteiger partial charge in [0.1, 0.15) is 6.29 Å². The number of carbonyl (C=O) groups excluding carboxylic acids is 1. The highest BCUT2D eigenvalue weighted by Gasteiger charge is 2.15. The van der Waals surface area contributed by atoms with Crippen molar-refractivity contribution < 1.29 is 4.79 Å². The molecule has 2 N–H and O–H groups in total. The summed E-state index contributed by atoms with van der Waals surface area (Å²) in [7, 11) is 0. The van der Waals surface area contributed by atoms with Crippen molar-refractivity contribution in [1.29, 1.82) is 0 Å². The van der Waals surface area contributed by atoms with Gasteiger partial charge >= 0.3 is 0 Å². The zero-order valence-corrected chi connectivity index (χ0v) is 6.43. The van der Waals surface area contributed by atoms with E-state index in [-0.39, 0.29) is 11.3 Å². The molecule has 1 unspecified atom stereocenters. The second kappa shape index (κ2) is 3.85. The van der Waals surface area contributed by atoms with Crippen LogP contribution in [0.5, 0.6) is 0 Å². The molecule has 0 aliphatic carbocycles. The van der Waals surface area contributed by atoms with Gasteiger partial charge in [-0.25, -0.2) is 0 Å². The average molecular weight is 150 g/mol. The second-order valence-electron chi connectivity index (χ2n) is 2.25. The zero-order valence-electron chi connectivity index (χ0n) is 5.67. The van der Waals surface area contributed by atoms with Crippen LogP contribution in [0.3, 0.4) is 0 Å². The van der Waals surface area contributed by atoms with Crippen molar-refractivity contribution in [2.24, 2.45) is 11.7 Å². The van der Waals surface area contributed by atoms with Gasteiger partial charge in [-0.15, -0.1) is 11.6 Å². The molecule has 0 aromatic rings. The quantitative estimate of drug-likeness (QED) is 0.476. The molecule has 0 aliphatic rings. The fourth-order valence-electron chi connectivity index (χ4n) is 0.430. The van der Waals surface area contributed by atoms with E-state index < -0.39 is 6.04 Å². The fourth-order valence-corrected chi connectivity index (χ4v) is 0.598. The van der Waals surface area contributed by atoms with Crippen molar-refractivity contribution in [1.82, 2.24) is 0 Å². The Bertz CT molecular complexity index is 95.1. The summed E-state index contributed by atoms with van der Waals surface area (Å²) in [6, 6.07) is -0.419. The summed E-state index contributed by atoms with van der Waals surface area (Å²) >= 11 is 5.66. The molecule has 2 nitrogen and oxygen atoms in total. The van der Waals surface area contributed by atoms with Gasteiger partial charge in [-0.05, 0) is 12.8 Å². The third-order valence-electron chi connectivity index (χ3n) is 1.49. The van der Waals surface area contributed by atoms with Crippen LogP contribution in [0.15, 0.2) is 0 Å². The van der Waals surface area contributed by atoms with Gasteiger partial charge in [0.2, 0.25) is 0 Å². The molecule has 0 aromatic heterocycles. The van der Waals surface area contributed by atoms with E-state index in [1.54, 1.807) is 0 Å². The number of aldehydes is 1. The summed E-state index contributed by atoms with van der Waals surface area (Å²) in [5.41, 5.74) is 5.36. The van der Waals surface area contributed by atoms with Gasteiger partial charge in [0.15, 0.2) is 0 Å². The Labute approximate surface area is 60.4 Å². The van der Waals surface area contributed by atoms with Gasteiger partial charge in [0.05, 0.1) is 6.04 Å². The van der Waals surface area contributed by atoms with Gasteiger partial charge in [-0.2, -0.15) is 0 Å². The third-order valence-corrected chi connectivity index (χ3v) is 1.89. The van der Waals surface area contributed by atoms with E-state index in [0.717, 1.165) is 6.29 Å². The van der Waals surface area contributed by atoms with Crippen LogP contribution in [0.25, 0.3) is 0 Å². The number of carbonyl (C=O) groups is 1. The summed E-state index contributed by atoms with van der Waals surface area (Å²) in [5.74, 6) is 0.0594. The molecule has 0 bridgehead atoms. The number of rotatable bonds is 3. The molecule has 0 saturated heterocycles. The minimum absolute atomic E-state index is 0.0369. The Morgan fingerprint density at radius 2 is 2.00 bits per heavy atom. The molecule has 0 aromatic carbocycles. The number of halogens is 1. The van der Waals surface area contributed by atoms with E-state index in [4.69, 9.17) is 17.3 Å². The highest BCUT2D eigenvalue weighted by atomic mass is 35.5. The summed E-state index contributed by atoms with van der Waals surface area (Å²) < 4.78 is 0. The first kappa shape index (κ1) is 8.92. The van der Waals surface area contributed by atoms with Crippen LogP contribution < -0.4 is 5.73 Å². The molecule has 0 heterocycles. The third kappa shape index (κ3) is 2.82. The van der Waals surface area contributed by atoms with Crippen molar-refractivity contribution in [3.8, 4) is 0 Å². The Balaban J connectivity index is 3.71. The van der Waals surface area contributed by atoms with Crippen molar-refractivity contribution in [2.45, 2.75) is 25.3 Å². The lowest BCUT2D eigenvalue weighted by Crippen LogP contribution is -2.33. The first-order valence-electron chi connectivity index (χ1n) is 2.94. The zero-order chi connectivity index (χ0) is 7.44. The Kier molecular flexibility index (Phi) is 3.82. The lowest BCUT2D eigenvalue weighted by atomic mass is 10.0. The van der Waals surface area contributed by atoms with Gasteiger partial charge in [-0.3, -0.25) is 0 Å². The van der Waals surface area contributed by atoms with E-state index in [0.29, 0.717) is 0 Å². The Morgan fingerprint density at radius 1 is 1.56 bits per heavy atom. The number of nitrogens with two attached hydrogens (primary N) is 1. The molecule has 0 fully saturated rings. The van der Waals surface area contributed by atoms with Crippen LogP contribution >= 0.6 is 11.6 Å². The van der Waals surface area contributed by atoms with Crippen LogP contribution in [0.4, 0.5) is 0 Å². The molecule has 0 spiro atoms. The molecule has 0 aliphatic heterocycles. The minimum Gasteiger partial charge on any atom is -0.321 e. The SMILES string of the molecule is CC(Cl)[C@H](C)[C@H](N)C=O. The minimum atomic E-state index is -0.419. The Hall–Kier alpha value is -0.0800. The molecule has 9 heavy (non-hydrogen) atoms. The molecular weight excluding hydrogens is 138 g/mol. The molecule has 0 rings (SSSR count). The monoisotopic (exact) mass is 149 g/mol. The molecule has 0 amide bonds. The largest absolute Gasteiger partial charge is 0.321 e. The van der Waals surface area contributed by atoms with E-state index >= 15 is 0 Å². The summed E-state index contributed by atoms with van der Waals surface area (Å²) in [4.78, 5) is 10.1. The maximum absolute atomic E-state index is 10.1. The molecule has 54 valence electrons. The first-order valence-corrected chi connectivity index (χ1v) is 3.38. The van der Waals surface area contributed by atoms with Gasteiger partial charge < -0.3 is 10.5 Å². The predicted octanol–water partition coefficient (Wildman–Crippen LogP) is 0.776. The van der Waals surface area contributed by atoms with Crippen LogP contribution in [-0.4, -0.2) is 17.7 Å². The van der Waals surface area contributed by atoms with Crippen LogP contribution in [-0.2, 0) is 4.79 Å². The normalized spacial score (nSPS) is 20.4. The summed E-state index contributed by atoms with van der Waals surface area (Å²) in [5, 5.41) is -0.0369. The number of hydrogen-bond acceptors (Lipinski definition) is 2. The molecule has 0 radical (unpaired) electrons. The van der Waals surface area contributed by atoms with Crippen molar-refractivity contribution >= 4 is 17.9 Å². The van der Waals surface area contributed by atoms with Crippen LogP contribution in [0, 0.1) is 5.92 Å². The standard InChI is InChI=1S/C6H12ClNO/c1-4(5(2)7)6(8)3-9/h3-6H,8H2,1-2H3/t4-,5?,6+/m0/s1. The van der Waals surface area contributed by atoms with Gasteiger partial charge in [0.25, 0.3) is 0 Å². The molecular formula is C6H12ClNO. The maximum atomic E-state index is 10.1. The van der Waals surface area contributed by atoms with E-state index in [2.05, 4.69) is 0 Å². The molecule has 3 atom stereocenters. The van der Waals surface area contributed by atoms with E-state index in [1.165, 1.54) is 0 Å². The van der Waals surface area contributed by atoms with E-state index in [1.807, 2.05) is 13.8 Å². The predicted molar refractivity (Wildman–Crippen MR) is 38.5 cm³/mol. The number of hydrogen-bond donors (Lipinski definition) is 1. The average Bonchev–Trinajstić information content (AvgIpc) is 1.84. The van der Waals surface area contributed by atoms with Crippen molar-refractivity contribution in [2.75, 3.05) is 0 Å². The van der Waals surface area contributed by atoms with Gasteiger partial charge in [0, 0.05) is 5.38 Å². The maximum Gasteiger partial charge on any atom is 0.137 e. The highest BCUT2D eigenvalue weighted by molar-refractivity contribution is 6.20. The van der Waals surface area contributed by atoms with Crippen molar-refractivity contribution in [3.63, 3.8) is 0 Å². The topological polar surface area (TPSA) is 43.1 Å². The highest BCUT2D eigenvalue weighted by Crippen LogP contribution is 2.10. The summed E-state index contributed by atoms with van der Waals surface area (Å²) in [6.45, 7) is 3.69. The molecule has 3 heteroatoms. The van der Waals surface area contributed by atoms with Crippen molar-refractivity contribution in [3.05, 3.63) is 0 Å². The number of alkyl halides is 1. The fraction of sp³-hybridized carbons (Fsp3) is 0.833. The molecule has 0 saturated carbocycles. The Morgan fingerprint density at radius 3 is 2.11 bits per heavy atom. The summed E-state index contributed by atoms with van der Waals surface area (Å²) in [6.07, 6.45) is 0.726. The van der Waals surface area contributed by atoms with Crippen LogP contribution in [0.1, 0.15) is 13.8 Å². The lowest BCUT2D eigenvalue weighted by Gasteiger charge is -2.15.